The third kappa shape index (κ3) is 1.68. The Balaban J connectivity index is 2.01. The van der Waals surface area contributed by atoms with Crippen molar-refractivity contribution in [2.45, 2.75) is 38.1 Å². The van der Waals surface area contributed by atoms with E-state index in [1.165, 1.54) is 19.3 Å². The summed E-state index contributed by atoms with van der Waals surface area (Å²) in [4.78, 5) is 16.1. The molecule has 3 rings (SSSR count). The van der Waals surface area contributed by atoms with Gasteiger partial charge in [-0.2, -0.15) is 9.97 Å². The zero-order valence-corrected chi connectivity index (χ0v) is 10.7. The largest absolute Gasteiger partial charge is 0.363 e. The molecule has 0 unspecified atom stereocenters. The highest BCUT2D eigenvalue weighted by Crippen LogP contribution is 2.38. The molecule has 0 radical (unpaired) electrons. The molecule has 2 aromatic heterocycles. The molecule has 1 fully saturated rings. The molecule has 0 bridgehead atoms. The highest BCUT2D eigenvalue weighted by Gasteiger charge is 2.35. The Kier molecular flexibility index (Phi) is 2.57. The van der Waals surface area contributed by atoms with Crippen molar-refractivity contribution in [3.63, 3.8) is 0 Å². The molecule has 0 amide bonds. The average Bonchev–Trinajstić information content (AvgIpc) is 2.81. The number of H-pyrrole nitrogens is 1. The van der Waals surface area contributed by atoms with Gasteiger partial charge in [-0.15, -0.1) is 0 Å². The quantitative estimate of drug-likeness (QED) is 0.770. The van der Waals surface area contributed by atoms with Gasteiger partial charge in [0.05, 0.1) is 6.33 Å². The van der Waals surface area contributed by atoms with Crippen LogP contribution in [0.2, 0.25) is 0 Å². The monoisotopic (exact) mass is 246 g/mol. The number of nitrogens with zero attached hydrogens (tertiary/aromatic N) is 3. The summed E-state index contributed by atoms with van der Waals surface area (Å²) < 4.78 is 0. The first-order chi connectivity index (χ1) is 8.76. The van der Waals surface area contributed by atoms with Crippen molar-refractivity contribution in [3.8, 4) is 0 Å². The lowest BCUT2D eigenvalue weighted by molar-refractivity contribution is 0.269. The van der Waals surface area contributed by atoms with Gasteiger partial charge < -0.3 is 15.6 Å². The molecule has 6 nitrogen and oxygen atoms in total. The van der Waals surface area contributed by atoms with Crippen LogP contribution in [-0.4, -0.2) is 32.5 Å². The molecule has 18 heavy (non-hydrogen) atoms. The highest BCUT2D eigenvalue weighted by atomic mass is 15.2. The van der Waals surface area contributed by atoms with Crippen LogP contribution in [0, 0.1) is 0 Å². The molecule has 6 heteroatoms. The minimum absolute atomic E-state index is 0.206. The number of hydrogen-bond acceptors (Lipinski definition) is 5. The Bertz CT molecular complexity index is 551. The van der Waals surface area contributed by atoms with Gasteiger partial charge in [0.2, 0.25) is 5.95 Å². The first-order valence-electron chi connectivity index (χ1n) is 6.43. The van der Waals surface area contributed by atoms with Crippen LogP contribution in [0.5, 0.6) is 0 Å². The number of imidazole rings is 1. The van der Waals surface area contributed by atoms with Crippen molar-refractivity contribution in [2.24, 2.45) is 0 Å². The van der Waals surface area contributed by atoms with Gasteiger partial charge in [0.1, 0.15) is 5.52 Å². The van der Waals surface area contributed by atoms with E-state index < -0.39 is 0 Å². The standard InChI is InChI=1S/C12H18N6/c1-3-12(5-4-6-12)18-10-8-9(15-7-14-8)16-11(13-2)17-10/h7H,3-6H2,1-2H3,(H3,13,14,15,16,17,18). The number of aromatic nitrogens is 4. The molecular formula is C12H18N6. The minimum atomic E-state index is 0.206. The number of fused-ring (bicyclic) bond motifs is 1. The van der Waals surface area contributed by atoms with Gasteiger partial charge in [-0.1, -0.05) is 6.92 Å². The minimum Gasteiger partial charge on any atom is -0.363 e. The summed E-state index contributed by atoms with van der Waals surface area (Å²) >= 11 is 0. The molecule has 1 aliphatic carbocycles. The predicted molar refractivity (Wildman–Crippen MR) is 71.7 cm³/mol. The van der Waals surface area contributed by atoms with Gasteiger partial charge in [-0.05, 0) is 25.7 Å². The van der Waals surface area contributed by atoms with E-state index in [9.17, 15) is 0 Å². The lowest BCUT2D eigenvalue weighted by Gasteiger charge is -2.42. The first-order valence-corrected chi connectivity index (χ1v) is 6.43. The number of anilines is 2. The van der Waals surface area contributed by atoms with Crippen molar-refractivity contribution in [3.05, 3.63) is 6.33 Å². The van der Waals surface area contributed by atoms with Crippen LogP contribution in [-0.2, 0) is 0 Å². The number of rotatable bonds is 4. The Morgan fingerprint density at radius 3 is 2.83 bits per heavy atom. The predicted octanol–water partition coefficient (Wildman–Crippen LogP) is 2.14. The van der Waals surface area contributed by atoms with Crippen LogP contribution >= 0.6 is 0 Å². The Labute approximate surface area is 106 Å². The molecule has 3 N–H and O–H groups in total. The van der Waals surface area contributed by atoms with Crippen molar-refractivity contribution in [1.82, 2.24) is 19.9 Å². The van der Waals surface area contributed by atoms with Crippen molar-refractivity contribution in [1.29, 1.82) is 0 Å². The van der Waals surface area contributed by atoms with Gasteiger partial charge in [-0.25, -0.2) is 4.98 Å². The van der Waals surface area contributed by atoms with Gasteiger partial charge in [-0.3, -0.25) is 0 Å². The zero-order chi connectivity index (χ0) is 12.6. The molecule has 0 spiro atoms. The Morgan fingerprint density at radius 1 is 1.39 bits per heavy atom. The fraction of sp³-hybridized carbons (Fsp3) is 0.583. The second-order valence-corrected chi connectivity index (χ2v) is 4.86. The summed E-state index contributed by atoms with van der Waals surface area (Å²) in [6.45, 7) is 2.22. The Hall–Kier alpha value is -1.85. The maximum atomic E-state index is 4.50. The second kappa shape index (κ2) is 4.12. The lowest BCUT2D eigenvalue weighted by Crippen LogP contribution is -2.44. The van der Waals surface area contributed by atoms with Gasteiger partial charge in [0.15, 0.2) is 11.5 Å². The molecule has 96 valence electrons. The maximum absolute atomic E-state index is 4.50. The normalized spacial score (nSPS) is 17.4. The van der Waals surface area contributed by atoms with E-state index >= 15 is 0 Å². The van der Waals surface area contributed by atoms with Gasteiger partial charge >= 0.3 is 0 Å². The third-order valence-corrected chi connectivity index (χ3v) is 3.88. The zero-order valence-electron chi connectivity index (χ0n) is 10.7. The molecule has 1 saturated carbocycles. The van der Waals surface area contributed by atoms with E-state index in [0.717, 1.165) is 17.8 Å². The summed E-state index contributed by atoms with van der Waals surface area (Å²) in [5.41, 5.74) is 1.79. The molecule has 2 aromatic rings. The summed E-state index contributed by atoms with van der Waals surface area (Å²) in [5, 5.41) is 6.56. The third-order valence-electron chi connectivity index (χ3n) is 3.88. The van der Waals surface area contributed by atoms with E-state index in [4.69, 9.17) is 0 Å². The number of aromatic amines is 1. The average molecular weight is 246 g/mol. The summed E-state index contributed by atoms with van der Waals surface area (Å²) in [5.74, 6) is 1.45. The van der Waals surface area contributed by atoms with Crippen molar-refractivity contribution in [2.75, 3.05) is 17.7 Å². The van der Waals surface area contributed by atoms with Crippen LogP contribution in [0.1, 0.15) is 32.6 Å². The lowest BCUT2D eigenvalue weighted by atomic mass is 9.75. The fourth-order valence-corrected chi connectivity index (χ4v) is 2.46. The van der Waals surface area contributed by atoms with E-state index in [0.29, 0.717) is 11.6 Å². The molecule has 1 aliphatic rings. The molecular weight excluding hydrogens is 228 g/mol. The topological polar surface area (TPSA) is 78.5 Å². The van der Waals surface area contributed by atoms with Crippen LogP contribution in [0.25, 0.3) is 11.2 Å². The number of nitrogens with one attached hydrogen (secondary N) is 3. The van der Waals surface area contributed by atoms with E-state index in [1.807, 2.05) is 7.05 Å². The summed E-state index contributed by atoms with van der Waals surface area (Å²) in [6.07, 6.45) is 6.47. The second-order valence-electron chi connectivity index (χ2n) is 4.86. The van der Waals surface area contributed by atoms with Crippen LogP contribution < -0.4 is 10.6 Å². The molecule has 0 aliphatic heterocycles. The highest BCUT2D eigenvalue weighted by molar-refractivity contribution is 5.84. The van der Waals surface area contributed by atoms with Gasteiger partial charge in [0, 0.05) is 12.6 Å². The van der Waals surface area contributed by atoms with E-state index in [1.54, 1.807) is 6.33 Å². The van der Waals surface area contributed by atoms with Crippen LogP contribution in [0.4, 0.5) is 11.8 Å². The molecule has 2 heterocycles. The molecule has 0 atom stereocenters. The number of hydrogen-bond donors (Lipinski definition) is 3. The smallest absolute Gasteiger partial charge is 0.226 e. The Morgan fingerprint density at radius 2 is 2.22 bits per heavy atom. The van der Waals surface area contributed by atoms with Crippen LogP contribution in [0.3, 0.4) is 0 Å². The summed E-state index contributed by atoms with van der Waals surface area (Å²) in [7, 11) is 1.82. The first kappa shape index (κ1) is 11.3. The maximum Gasteiger partial charge on any atom is 0.226 e. The molecule has 0 saturated heterocycles. The fourth-order valence-electron chi connectivity index (χ4n) is 2.46. The van der Waals surface area contributed by atoms with Crippen molar-refractivity contribution >= 4 is 22.9 Å². The van der Waals surface area contributed by atoms with Crippen molar-refractivity contribution < 1.29 is 0 Å². The van der Waals surface area contributed by atoms with Crippen LogP contribution in [0.15, 0.2) is 6.33 Å². The SMILES string of the molecule is CCC1(Nc2nc(NC)nc3nc[nH]c23)CCC1. The van der Waals surface area contributed by atoms with Gasteiger partial charge in [0.25, 0.3) is 0 Å². The van der Waals surface area contributed by atoms with E-state index in [2.05, 4.69) is 37.5 Å². The van der Waals surface area contributed by atoms with E-state index in [-0.39, 0.29) is 5.54 Å². The molecule has 0 aromatic carbocycles. The summed E-state index contributed by atoms with van der Waals surface area (Å²) in [6, 6.07) is 0.